The molecule has 0 unspecified atom stereocenters. The van der Waals surface area contributed by atoms with Gasteiger partial charge in [0.15, 0.2) is 0 Å². The number of H-pyrrole nitrogens is 1. The lowest BCUT2D eigenvalue weighted by Gasteiger charge is -2.40. The van der Waals surface area contributed by atoms with Crippen molar-refractivity contribution in [3.8, 4) is 0 Å². The standard InChI is InChI=1S/C17H22N4O/c18-6-1-7-19-17(22)12-2-3-14-13(10-12)16-15(20-14)11-4-8-21(16)9-5-11/h2-3,10-11,20H,1,4-9,18H2,(H,19,22). The summed E-state index contributed by atoms with van der Waals surface area (Å²) < 4.78 is 0. The zero-order chi connectivity index (χ0) is 15.1. The first-order valence-corrected chi connectivity index (χ1v) is 8.17. The van der Waals surface area contributed by atoms with Crippen LogP contribution in [-0.2, 0) is 0 Å². The number of amides is 1. The maximum absolute atomic E-state index is 12.2. The van der Waals surface area contributed by atoms with Gasteiger partial charge in [-0.25, -0.2) is 0 Å². The Morgan fingerprint density at radius 2 is 2.18 bits per heavy atom. The fourth-order valence-electron chi connectivity index (χ4n) is 3.77. The lowest BCUT2D eigenvalue weighted by molar-refractivity contribution is 0.0953. The third-order valence-corrected chi connectivity index (χ3v) is 4.95. The molecule has 1 fully saturated rings. The highest BCUT2D eigenvalue weighted by Crippen LogP contribution is 2.45. The molecule has 116 valence electrons. The molecule has 1 amide bonds. The van der Waals surface area contributed by atoms with Gasteiger partial charge in [0.25, 0.3) is 5.91 Å². The van der Waals surface area contributed by atoms with Gasteiger partial charge in [-0.3, -0.25) is 4.79 Å². The molecular weight excluding hydrogens is 276 g/mol. The number of fused-ring (bicyclic) bond motifs is 3. The average molecular weight is 298 g/mol. The van der Waals surface area contributed by atoms with Gasteiger partial charge in [0.2, 0.25) is 0 Å². The number of hydrogen-bond donors (Lipinski definition) is 3. The highest BCUT2D eigenvalue weighted by atomic mass is 16.1. The molecule has 1 aromatic heterocycles. The van der Waals surface area contributed by atoms with Crippen molar-refractivity contribution < 1.29 is 4.79 Å². The van der Waals surface area contributed by atoms with Crippen LogP contribution in [0.4, 0.5) is 5.69 Å². The van der Waals surface area contributed by atoms with Gasteiger partial charge in [-0.1, -0.05) is 0 Å². The molecular formula is C17H22N4O. The topological polar surface area (TPSA) is 74.1 Å². The smallest absolute Gasteiger partial charge is 0.251 e. The Kier molecular flexibility index (Phi) is 3.30. The summed E-state index contributed by atoms with van der Waals surface area (Å²) in [6.07, 6.45) is 3.29. The molecule has 2 aromatic rings. The van der Waals surface area contributed by atoms with E-state index in [-0.39, 0.29) is 5.91 Å². The first kappa shape index (κ1) is 13.6. The van der Waals surface area contributed by atoms with E-state index in [0.29, 0.717) is 19.0 Å². The van der Waals surface area contributed by atoms with Crippen LogP contribution < -0.4 is 16.0 Å². The number of piperidine rings is 1. The van der Waals surface area contributed by atoms with Gasteiger partial charge in [0.05, 0.1) is 5.69 Å². The van der Waals surface area contributed by atoms with E-state index >= 15 is 0 Å². The first-order valence-electron chi connectivity index (χ1n) is 8.17. The number of nitrogens with two attached hydrogens (primary N) is 1. The summed E-state index contributed by atoms with van der Waals surface area (Å²) in [5.41, 5.74) is 10.0. The molecule has 0 radical (unpaired) electrons. The molecule has 5 rings (SSSR count). The molecule has 3 aliphatic rings. The van der Waals surface area contributed by atoms with Gasteiger partial charge in [0.1, 0.15) is 0 Å². The molecule has 2 bridgehead atoms. The summed E-state index contributed by atoms with van der Waals surface area (Å²) in [6.45, 7) is 3.50. The second-order valence-electron chi connectivity index (χ2n) is 6.31. The van der Waals surface area contributed by atoms with Crippen molar-refractivity contribution >= 4 is 22.5 Å². The number of carbonyl (C=O) groups excluding carboxylic acids is 1. The van der Waals surface area contributed by atoms with Crippen LogP contribution in [-0.4, -0.2) is 37.1 Å². The molecule has 0 aliphatic carbocycles. The largest absolute Gasteiger partial charge is 0.370 e. The molecule has 3 aliphatic heterocycles. The Hall–Kier alpha value is -2.01. The van der Waals surface area contributed by atoms with Gasteiger partial charge >= 0.3 is 0 Å². The number of aromatic nitrogens is 1. The number of nitrogens with zero attached hydrogens (tertiary/aromatic N) is 1. The Balaban J connectivity index is 1.69. The summed E-state index contributed by atoms with van der Waals surface area (Å²) in [7, 11) is 0. The molecule has 0 spiro atoms. The van der Waals surface area contributed by atoms with Crippen LogP contribution in [0.5, 0.6) is 0 Å². The monoisotopic (exact) mass is 298 g/mol. The molecule has 1 aromatic carbocycles. The summed E-state index contributed by atoms with van der Waals surface area (Å²) in [6, 6.07) is 5.97. The maximum Gasteiger partial charge on any atom is 0.251 e. The Morgan fingerprint density at radius 3 is 2.95 bits per heavy atom. The van der Waals surface area contributed by atoms with Gasteiger partial charge in [-0.2, -0.15) is 0 Å². The third-order valence-electron chi connectivity index (χ3n) is 4.95. The minimum atomic E-state index is -0.0127. The SMILES string of the molecule is NCCCNC(=O)c1ccc2[nH]c3c(c2c1)N1CCC3CC1. The van der Waals surface area contributed by atoms with Crippen molar-refractivity contribution in [2.45, 2.75) is 25.2 Å². The molecule has 22 heavy (non-hydrogen) atoms. The van der Waals surface area contributed by atoms with E-state index in [1.54, 1.807) is 0 Å². The highest BCUT2D eigenvalue weighted by Gasteiger charge is 2.33. The summed E-state index contributed by atoms with van der Waals surface area (Å²) in [5.74, 6) is 0.649. The van der Waals surface area contributed by atoms with E-state index in [1.807, 2.05) is 18.2 Å². The van der Waals surface area contributed by atoms with E-state index in [4.69, 9.17) is 5.73 Å². The van der Waals surface area contributed by atoms with Crippen LogP contribution in [0.3, 0.4) is 0 Å². The van der Waals surface area contributed by atoms with E-state index in [0.717, 1.165) is 30.6 Å². The van der Waals surface area contributed by atoms with Gasteiger partial charge in [-0.05, 0) is 44.0 Å². The Morgan fingerprint density at radius 1 is 1.36 bits per heavy atom. The van der Waals surface area contributed by atoms with Crippen LogP contribution >= 0.6 is 0 Å². The lowest BCUT2D eigenvalue weighted by Crippen LogP contribution is -2.38. The van der Waals surface area contributed by atoms with Crippen LogP contribution in [0.1, 0.15) is 41.2 Å². The number of aromatic amines is 1. The molecule has 4 N–H and O–H groups in total. The normalized spacial score (nSPS) is 17.0. The third kappa shape index (κ3) is 2.08. The van der Waals surface area contributed by atoms with Crippen molar-refractivity contribution in [3.05, 3.63) is 29.5 Å². The molecule has 0 saturated carbocycles. The minimum Gasteiger partial charge on any atom is -0.370 e. The fourth-order valence-corrected chi connectivity index (χ4v) is 3.77. The molecule has 1 saturated heterocycles. The van der Waals surface area contributed by atoms with E-state index < -0.39 is 0 Å². The Bertz CT molecular complexity index is 713. The predicted octanol–water partition coefficient (Wildman–Crippen LogP) is 1.94. The summed E-state index contributed by atoms with van der Waals surface area (Å²) in [4.78, 5) is 18.3. The van der Waals surface area contributed by atoms with Crippen molar-refractivity contribution in [2.75, 3.05) is 31.1 Å². The van der Waals surface area contributed by atoms with Crippen molar-refractivity contribution in [2.24, 2.45) is 5.73 Å². The van der Waals surface area contributed by atoms with E-state index in [9.17, 15) is 4.79 Å². The molecule has 5 nitrogen and oxygen atoms in total. The number of nitrogens with one attached hydrogen (secondary N) is 2. The number of hydrogen-bond acceptors (Lipinski definition) is 3. The molecule has 0 atom stereocenters. The maximum atomic E-state index is 12.2. The zero-order valence-corrected chi connectivity index (χ0v) is 12.7. The quantitative estimate of drug-likeness (QED) is 0.755. The predicted molar refractivity (Wildman–Crippen MR) is 88.5 cm³/mol. The number of benzene rings is 1. The van der Waals surface area contributed by atoms with Gasteiger partial charge < -0.3 is 20.9 Å². The number of carbonyl (C=O) groups is 1. The fraction of sp³-hybridized carbons (Fsp3) is 0.471. The highest BCUT2D eigenvalue weighted by molar-refractivity contribution is 6.03. The van der Waals surface area contributed by atoms with Crippen molar-refractivity contribution in [1.29, 1.82) is 0 Å². The second kappa shape index (κ2) is 5.32. The van der Waals surface area contributed by atoms with E-state index in [1.165, 1.54) is 29.6 Å². The number of rotatable bonds is 4. The van der Waals surface area contributed by atoms with Crippen molar-refractivity contribution in [3.63, 3.8) is 0 Å². The lowest BCUT2D eigenvalue weighted by atomic mass is 9.87. The minimum absolute atomic E-state index is 0.0127. The van der Waals surface area contributed by atoms with Crippen LogP contribution in [0.25, 0.3) is 10.9 Å². The second-order valence-corrected chi connectivity index (χ2v) is 6.31. The number of anilines is 1. The van der Waals surface area contributed by atoms with Gasteiger partial charge in [0, 0.05) is 47.7 Å². The average Bonchev–Trinajstić information content (AvgIpc) is 2.96. The van der Waals surface area contributed by atoms with Crippen LogP contribution in [0.2, 0.25) is 0 Å². The molecule has 5 heteroatoms. The first-order chi connectivity index (χ1) is 10.8. The van der Waals surface area contributed by atoms with E-state index in [2.05, 4.69) is 15.2 Å². The zero-order valence-electron chi connectivity index (χ0n) is 12.7. The molecule has 4 heterocycles. The Labute approximate surface area is 129 Å². The van der Waals surface area contributed by atoms with Crippen LogP contribution in [0, 0.1) is 0 Å². The van der Waals surface area contributed by atoms with Gasteiger partial charge in [-0.15, -0.1) is 0 Å². The van der Waals surface area contributed by atoms with Crippen molar-refractivity contribution in [1.82, 2.24) is 10.3 Å². The summed E-state index contributed by atoms with van der Waals surface area (Å²) >= 11 is 0. The van der Waals surface area contributed by atoms with Crippen LogP contribution in [0.15, 0.2) is 18.2 Å². The summed E-state index contributed by atoms with van der Waals surface area (Å²) in [5, 5.41) is 4.11.